The minimum Gasteiger partial charge on any atom is -0.395 e. The number of nitrogens with two attached hydrogens (primary N) is 1. The zero-order chi connectivity index (χ0) is 13.2. The largest absolute Gasteiger partial charge is 0.395 e. The van der Waals surface area contributed by atoms with Crippen molar-refractivity contribution in [1.82, 2.24) is 14.7 Å². The third-order valence-electron chi connectivity index (χ3n) is 3.20. The van der Waals surface area contributed by atoms with Crippen LogP contribution < -0.4 is 5.73 Å². The highest BCUT2D eigenvalue weighted by molar-refractivity contribution is 5.98. The number of hydrogen-bond acceptors (Lipinski definition) is 3. The molecule has 1 rings (SSSR count). The van der Waals surface area contributed by atoms with Gasteiger partial charge in [-0.3, -0.25) is 9.48 Å². The molecule has 1 atom stereocenters. The van der Waals surface area contributed by atoms with Gasteiger partial charge in [0.1, 0.15) is 5.69 Å². The fraction of sp³-hybridized carbons (Fsp3) is 0.667. The molecule has 0 aliphatic heterocycles. The number of nitrogen functional groups attached to an aromatic ring is 1. The fourth-order valence-electron chi connectivity index (χ4n) is 1.94. The van der Waals surface area contributed by atoms with Crippen molar-refractivity contribution < 1.29 is 4.79 Å². The molecule has 0 bridgehead atoms. The lowest BCUT2D eigenvalue weighted by atomic mass is 10.2. The Balaban J connectivity index is 3.10. The number of aromatic nitrogens is 2. The number of carbonyl (C=O) groups is 1. The van der Waals surface area contributed by atoms with Gasteiger partial charge in [0.25, 0.3) is 5.91 Å². The maximum atomic E-state index is 12.4. The van der Waals surface area contributed by atoms with E-state index in [1.165, 1.54) is 0 Å². The second-order valence-corrected chi connectivity index (χ2v) is 4.32. The number of amides is 1. The molecule has 2 N–H and O–H groups in total. The molecule has 1 aromatic rings. The molecule has 0 saturated heterocycles. The molecule has 1 unspecified atom stereocenters. The second-order valence-electron chi connectivity index (χ2n) is 4.32. The highest BCUT2D eigenvalue weighted by Gasteiger charge is 2.25. The molecule has 17 heavy (non-hydrogen) atoms. The van der Waals surface area contributed by atoms with Crippen LogP contribution in [0.2, 0.25) is 0 Å². The standard InChI is InChI=1S/C12H22N4O/c1-6-8(3)16(7-2)12(17)11-10(13)9(4)14-15(11)5/h8H,6-7,13H2,1-5H3. The maximum Gasteiger partial charge on any atom is 0.274 e. The first-order valence-corrected chi connectivity index (χ1v) is 6.04. The van der Waals surface area contributed by atoms with E-state index in [2.05, 4.69) is 12.0 Å². The number of anilines is 1. The van der Waals surface area contributed by atoms with Gasteiger partial charge in [0.2, 0.25) is 0 Å². The molecule has 5 heteroatoms. The fourth-order valence-corrected chi connectivity index (χ4v) is 1.94. The normalized spacial score (nSPS) is 12.5. The summed E-state index contributed by atoms with van der Waals surface area (Å²) in [4.78, 5) is 14.2. The summed E-state index contributed by atoms with van der Waals surface area (Å²) in [5, 5.41) is 4.18. The van der Waals surface area contributed by atoms with E-state index in [0.717, 1.165) is 6.42 Å². The van der Waals surface area contributed by atoms with Crippen LogP contribution in [0.25, 0.3) is 0 Å². The predicted octanol–water partition coefficient (Wildman–Crippen LogP) is 1.57. The van der Waals surface area contributed by atoms with Crippen LogP contribution in [0.1, 0.15) is 43.4 Å². The average Bonchev–Trinajstić information content (AvgIpc) is 2.53. The Morgan fingerprint density at radius 1 is 1.53 bits per heavy atom. The quantitative estimate of drug-likeness (QED) is 0.866. The maximum absolute atomic E-state index is 12.4. The van der Waals surface area contributed by atoms with Crippen LogP contribution in [-0.4, -0.2) is 33.2 Å². The van der Waals surface area contributed by atoms with Crippen LogP contribution in [0.5, 0.6) is 0 Å². The molecule has 5 nitrogen and oxygen atoms in total. The van der Waals surface area contributed by atoms with Gasteiger partial charge in [-0.15, -0.1) is 0 Å². The van der Waals surface area contributed by atoms with Crippen LogP contribution in [-0.2, 0) is 7.05 Å². The number of rotatable bonds is 4. The van der Waals surface area contributed by atoms with Gasteiger partial charge in [-0.05, 0) is 27.2 Å². The molecule has 96 valence electrons. The smallest absolute Gasteiger partial charge is 0.274 e. The van der Waals surface area contributed by atoms with Gasteiger partial charge in [-0.25, -0.2) is 0 Å². The lowest BCUT2D eigenvalue weighted by molar-refractivity contribution is 0.0690. The van der Waals surface area contributed by atoms with E-state index >= 15 is 0 Å². The molecular formula is C12H22N4O. The third-order valence-corrected chi connectivity index (χ3v) is 3.20. The summed E-state index contributed by atoms with van der Waals surface area (Å²) in [7, 11) is 1.75. The highest BCUT2D eigenvalue weighted by Crippen LogP contribution is 2.19. The van der Waals surface area contributed by atoms with E-state index in [1.807, 2.05) is 25.7 Å². The summed E-state index contributed by atoms with van der Waals surface area (Å²) in [6, 6.07) is 0.210. The Bertz CT molecular complexity index is 411. The molecule has 1 aromatic heterocycles. The minimum absolute atomic E-state index is 0.0394. The van der Waals surface area contributed by atoms with Crippen molar-refractivity contribution >= 4 is 11.6 Å². The Hall–Kier alpha value is -1.52. The van der Waals surface area contributed by atoms with E-state index in [-0.39, 0.29) is 11.9 Å². The van der Waals surface area contributed by atoms with E-state index in [9.17, 15) is 4.79 Å². The summed E-state index contributed by atoms with van der Waals surface area (Å²) in [6.45, 7) is 8.58. The summed E-state index contributed by atoms with van der Waals surface area (Å²) in [5.74, 6) is -0.0394. The van der Waals surface area contributed by atoms with E-state index in [0.29, 0.717) is 23.6 Å². The molecule has 0 spiro atoms. The topological polar surface area (TPSA) is 64.2 Å². The van der Waals surface area contributed by atoms with Crippen LogP contribution in [0, 0.1) is 6.92 Å². The van der Waals surface area contributed by atoms with Crippen LogP contribution in [0.15, 0.2) is 0 Å². The van der Waals surface area contributed by atoms with Gasteiger partial charge in [-0.2, -0.15) is 5.10 Å². The lowest BCUT2D eigenvalue weighted by Gasteiger charge is -2.27. The highest BCUT2D eigenvalue weighted by atomic mass is 16.2. The van der Waals surface area contributed by atoms with Gasteiger partial charge in [-0.1, -0.05) is 6.92 Å². The van der Waals surface area contributed by atoms with Crippen molar-refractivity contribution in [2.45, 2.75) is 40.2 Å². The van der Waals surface area contributed by atoms with Crippen molar-refractivity contribution in [3.05, 3.63) is 11.4 Å². The molecule has 0 saturated carbocycles. The molecule has 0 aromatic carbocycles. The molecule has 0 aliphatic rings. The average molecular weight is 238 g/mol. The summed E-state index contributed by atoms with van der Waals surface area (Å²) < 4.78 is 1.57. The van der Waals surface area contributed by atoms with Gasteiger partial charge in [0.15, 0.2) is 0 Å². The SMILES string of the molecule is CCC(C)N(CC)C(=O)c1c(N)c(C)nn1C. The van der Waals surface area contributed by atoms with Gasteiger partial charge < -0.3 is 10.6 Å². The van der Waals surface area contributed by atoms with E-state index in [1.54, 1.807) is 11.7 Å². The summed E-state index contributed by atoms with van der Waals surface area (Å²) in [5.41, 5.74) is 7.59. The zero-order valence-corrected chi connectivity index (χ0v) is 11.3. The Labute approximate surface area is 103 Å². The van der Waals surface area contributed by atoms with Gasteiger partial charge >= 0.3 is 0 Å². The number of aryl methyl sites for hydroxylation is 2. The molecule has 0 radical (unpaired) electrons. The molecule has 0 fully saturated rings. The Morgan fingerprint density at radius 3 is 2.47 bits per heavy atom. The van der Waals surface area contributed by atoms with E-state index < -0.39 is 0 Å². The van der Waals surface area contributed by atoms with Crippen molar-refractivity contribution in [3.8, 4) is 0 Å². The molecular weight excluding hydrogens is 216 g/mol. The third kappa shape index (κ3) is 2.43. The Morgan fingerprint density at radius 2 is 2.12 bits per heavy atom. The molecule has 0 aliphatic carbocycles. The minimum atomic E-state index is -0.0394. The number of nitrogens with zero attached hydrogens (tertiary/aromatic N) is 3. The first-order valence-electron chi connectivity index (χ1n) is 6.04. The Kier molecular flexibility index (Phi) is 4.15. The number of carbonyl (C=O) groups excluding carboxylic acids is 1. The lowest BCUT2D eigenvalue weighted by Crippen LogP contribution is -2.39. The van der Waals surface area contributed by atoms with Gasteiger partial charge in [0.05, 0.1) is 11.4 Å². The number of hydrogen-bond donors (Lipinski definition) is 1. The van der Waals surface area contributed by atoms with Crippen molar-refractivity contribution in [2.75, 3.05) is 12.3 Å². The predicted molar refractivity (Wildman–Crippen MR) is 68.8 cm³/mol. The second kappa shape index (κ2) is 5.21. The van der Waals surface area contributed by atoms with Crippen molar-refractivity contribution in [3.63, 3.8) is 0 Å². The summed E-state index contributed by atoms with van der Waals surface area (Å²) >= 11 is 0. The van der Waals surface area contributed by atoms with Crippen LogP contribution >= 0.6 is 0 Å². The zero-order valence-electron chi connectivity index (χ0n) is 11.3. The molecule has 1 heterocycles. The van der Waals surface area contributed by atoms with Crippen molar-refractivity contribution in [2.24, 2.45) is 7.05 Å². The summed E-state index contributed by atoms with van der Waals surface area (Å²) in [6.07, 6.45) is 0.927. The van der Waals surface area contributed by atoms with Gasteiger partial charge in [0, 0.05) is 19.6 Å². The monoisotopic (exact) mass is 238 g/mol. The van der Waals surface area contributed by atoms with E-state index in [4.69, 9.17) is 5.73 Å². The van der Waals surface area contributed by atoms with Crippen LogP contribution in [0.3, 0.4) is 0 Å². The molecule has 1 amide bonds. The van der Waals surface area contributed by atoms with Crippen molar-refractivity contribution in [1.29, 1.82) is 0 Å². The first-order chi connectivity index (χ1) is 7.93. The van der Waals surface area contributed by atoms with Crippen LogP contribution in [0.4, 0.5) is 5.69 Å². The first kappa shape index (κ1) is 13.5.